The van der Waals surface area contributed by atoms with Crippen molar-refractivity contribution in [2.24, 2.45) is 5.73 Å². The molecule has 1 aromatic carbocycles. The Labute approximate surface area is 120 Å². The highest BCUT2D eigenvalue weighted by Crippen LogP contribution is 2.21. The molecule has 1 saturated heterocycles. The second-order valence-electron chi connectivity index (χ2n) is 6.20. The molecule has 1 fully saturated rings. The monoisotopic (exact) mass is 276 g/mol. The van der Waals surface area contributed by atoms with Crippen molar-refractivity contribution in [3.8, 4) is 0 Å². The van der Waals surface area contributed by atoms with Gasteiger partial charge in [0.15, 0.2) is 0 Å². The lowest BCUT2D eigenvalue weighted by molar-refractivity contribution is -0.159. The zero-order chi connectivity index (χ0) is 14.8. The van der Waals surface area contributed by atoms with E-state index in [-0.39, 0.29) is 17.6 Å². The molecule has 0 saturated carbocycles. The molecule has 0 spiro atoms. The number of nitrogens with two attached hydrogens (primary N) is 1. The van der Waals surface area contributed by atoms with Crippen LogP contribution in [-0.2, 0) is 16.0 Å². The summed E-state index contributed by atoms with van der Waals surface area (Å²) >= 11 is 0. The van der Waals surface area contributed by atoms with Gasteiger partial charge in [0.1, 0.15) is 0 Å². The number of hydrogen-bond donors (Lipinski definition) is 1. The Bertz CT molecular complexity index is 459. The van der Waals surface area contributed by atoms with E-state index >= 15 is 0 Å². The lowest BCUT2D eigenvalue weighted by atomic mass is 10.0. The van der Waals surface area contributed by atoms with Crippen LogP contribution in [0.15, 0.2) is 30.3 Å². The first-order valence-corrected chi connectivity index (χ1v) is 7.13. The first kappa shape index (κ1) is 15.0. The highest BCUT2D eigenvalue weighted by atomic mass is 16.5. The van der Waals surface area contributed by atoms with E-state index in [2.05, 4.69) is 0 Å². The van der Waals surface area contributed by atoms with Gasteiger partial charge >= 0.3 is 0 Å². The maximum Gasteiger partial charge on any atom is 0.240 e. The lowest BCUT2D eigenvalue weighted by Gasteiger charge is -2.42. The Morgan fingerprint density at radius 2 is 2.10 bits per heavy atom. The van der Waals surface area contributed by atoms with E-state index in [0.29, 0.717) is 19.5 Å². The largest absolute Gasteiger partial charge is 0.369 e. The fraction of sp³-hybridized carbons (Fsp3) is 0.562. The van der Waals surface area contributed by atoms with E-state index in [0.717, 1.165) is 5.56 Å². The third kappa shape index (κ3) is 3.81. The number of ether oxygens (including phenoxy) is 1. The quantitative estimate of drug-likeness (QED) is 0.912. The summed E-state index contributed by atoms with van der Waals surface area (Å²) in [6.07, 6.45) is 0.623. The van der Waals surface area contributed by atoms with Crippen LogP contribution in [0.2, 0.25) is 0 Å². The zero-order valence-corrected chi connectivity index (χ0v) is 12.5. The summed E-state index contributed by atoms with van der Waals surface area (Å²) in [5.41, 5.74) is 6.87. The fourth-order valence-corrected chi connectivity index (χ4v) is 2.81. The minimum absolute atomic E-state index is 0.0112. The normalized spacial score (nSPS) is 23.4. The van der Waals surface area contributed by atoms with Crippen LogP contribution in [0.4, 0.5) is 0 Å². The summed E-state index contributed by atoms with van der Waals surface area (Å²) in [5.74, 6) is 0.0112. The van der Waals surface area contributed by atoms with Crippen molar-refractivity contribution in [2.45, 2.75) is 44.9 Å². The Morgan fingerprint density at radius 1 is 1.45 bits per heavy atom. The number of carbonyl (C=O) groups is 1. The number of hydrogen-bond acceptors (Lipinski definition) is 3. The highest BCUT2D eigenvalue weighted by Gasteiger charge is 2.35. The molecule has 0 aromatic heterocycles. The average molecular weight is 276 g/mol. The van der Waals surface area contributed by atoms with Crippen LogP contribution in [0.5, 0.6) is 0 Å². The molecular formula is C16H24N2O2. The van der Waals surface area contributed by atoms with Gasteiger partial charge in [-0.15, -0.1) is 0 Å². The molecule has 4 heteroatoms. The van der Waals surface area contributed by atoms with E-state index in [1.807, 2.05) is 56.0 Å². The van der Waals surface area contributed by atoms with Gasteiger partial charge in [-0.3, -0.25) is 4.79 Å². The number of rotatable bonds is 3. The molecule has 2 rings (SSSR count). The van der Waals surface area contributed by atoms with Crippen molar-refractivity contribution in [1.29, 1.82) is 0 Å². The third-order valence-electron chi connectivity index (χ3n) is 3.50. The van der Waals surface area contributed by atoms with Crippen LogP contribution in [0.25, 0.3) is 0 Å². The molecule has 1 aliphatic rings. The molecule has 0 radical (unpaired) electrons. The van der Waals surface area contributed by atoms with Crippen molar-refractivity contribution < 1.29 is 9.53 Å². The molecule has 0 bridgehead atoms. The Morgan fingerprint density at radius 3 is 2.70 bits per heavy atom. The smallest absolute Gasteiger partial charge is 0.240 e. The highest BCUT2D eigenvalue weighted by molar-refractivity contribution is 5.82. The Balaban J connectivity index is 1.99. The summed E-state index contributed by atoms with van der Waals surface area (Å²) in [6.45, 7) is 7.21. The summed E-state index contributed by atoms with van der Waals surface area (Å²) < 4.78 is 5.82. The molecule has 4 nitrogen and oxygen atoms in total. The Hall–Kier alpha value is -1.39. The summed E-state index contributed by atoms with van der Waals surface area (Å²) in [4.78, 5) is 14.3. The maximum absolute atomic E-state index is 12.5. The second-order valence-corrected chi connectivity index (χ2v) is 6.20. The van der Waals surface area contributed by atoms with Crippen molar-refractivity contribution in [1.82, 2.24) is 4.90 Å². The maximum atomic E-state index is 12.5. The van der Waals surface area contributed by atoms with E-state index in [4.69, 9.17) is 10.5 Å². The summed E-state index contributed by atoms with van der Waals surface area (Å²) in [7, 11) is 0. The van der Waals surface area contributed by atoms with Gasteiger partial charge in [-0.25, -0.2) is 0 Å². The molecule has 0 aliphatic carbocycles. The summed E-state index contributed by atoms with van der Waals surface area (Å²) in [5, 5.41) is 0. The molecule has 1 aromatic rings. The summed E-state index contributed by atoms with van der Waals surface area (Å²) in [6, 6.07) is 9.40. The third-order valence-corrected chi connectivity index (χ3v) is 3.50. The van der Waals surface area contributed by atoms with E-state index in [1.54, 1.807) is 0 Å². The molecule has 0 unspecified atom stereocenters. The van der Waals surface area contributed by atoms with E-state index in [1.165, 1.54) is 0 Å². The van der Waals surface area contributed by atoms with Gasteiger partial charge in [-0.05, 0) is 32.8 Å². The first-order valence-electron chi connectivity index (χ1n) is 7.13. The predicted octanol–water partition coefficient (Wildman–Crippen LogP) is 1.58. The van der Waals surface area contributed by atoms with Gasteiger partial charge in [0, 0.05) is 13.1 Å². The molecule has 2 atom stereocenters. The topological polar surface area (TPSA) is 55.6 Å². The van der Waals surface area contributed by atoms with Crippen molar-refractivity contribution in [2.75, 3.05) is 13.1 Å². The fourth-order valence-electron chi connectivity index (χ4n) is 2.81. The van der Waals surface area contributed by atoms with Crippen molar-refractivity contribution >= 4 is 5.91 Å². The number of morpholine rings is 1. The number of benzene rings is 1. The van der Waals surface area contributed by atoms with Gasteiger partial charge in [0.05, 0.1) is 17.7 Å². The van der Waals surface area contributed by atoms with Gasteiger partial charge < -0.3 is 15.4 Å². The minimum Gasteiger partial charge on any atom is -0.369 e. The molecule has 110 valence electrons. The van der Waals surface area contributed by atoms with E-state index in [9.17, 15) is 4.79 Å². The van der Waals surface area contributed by atoms with Crippen molar-refractivity contribution in [3.05, 3.63) is 35.9 Å². The van der Waals surface area contributed by atoms with Gasteiger partial charge in [-0.1, -0.05) is 30.3 Å². The predicted molar refractivity (Wildman–Crippen MR) is 79.3 cm³/mol. The van der Waals surface area contributed by atoms with Gasteiger partial charge in [0.2, 0.25) is 5.91 Å². The molecule has 1 heterocycles. The number of carbonyl (C=O) groups excluding carboxylic acids is 1. The number of amides is 1. The van der Waals surface area contributed by atoms with Crippen molar-refractivity contribution in [3.63, 3.8) is 0 Å². The van der Waals surface area contributed by atoms with Crippen LogP contribution in [0.1, 0.15) is 26.3 Å². The number of nitrogens with zero attached hydrogens (tertiary/aromatic N) is 1. The van der Waals surface area contributed by atoms with Crippen LogP contribution < -0.4 is 5.73 Å². The van der Waals surface area contributed by atoms with Crippen LogP contribution in [0.3, 0.4) is 0 Å². The SMILES string of the molecule is C[C@H]1CN(C(=O)[C@@H](N)Cc2ccccc2)CC(C)(C)O1. The Kier molecular flexibility index (Phi) is 4.45. The molecule has 2 N–H and O–H groups in total. The van der Waals surface area contributed by atoms with E-state index < -0.39 is 6.04 Å². The second kappa shape index (κ2) is 5.94. The minimum atomic E-state index is -0.488. The molecular weight excluding hydrogens is 252 g/mol. The van der Waals surface area contributed by atoms with Crippen LogP contribution >= 0.6 is 0 Å². The van der Waals surface area contributed by atoms with Crippen LogP contribution in [0, 0.1) is 0 Å². The van der Waals surface area contributed by atoms with Gasteiger partial charge in [0.25, 0.3) is 0 Å². The van der Waals surface area contributed by atoms with Crippen LogP contribution in [-0.4, -0.2) is 41.6 Å². The molecule has 20 heavy (non-hydrogen) atoms. The lowest BCUT2D eigenvalue weighted by Crippen LogP contribution is -2.57. The molecule has 1 aliphatic heterocycles. The molecule has 1 amide bonds. The first-order chi connectivity index (χ1) is 9.37. The van der Waals surface area contributed by atoms with Gasteiger partial charge in [-0.2, -0.15) is 0 Å². The zero-order valence-electron chi connectivity index (χ0n) is 12.5. The standard InChI is InChI=1S/C16H24N2O2/c1-12-10-18(11-16(2,3)20-12)15(19)14(17)9-13-7-5-4-6-8-13/h4-8,12,14H,9-11,17H2,1-3H3/t12-,14-/m0/s1. The average Bonchev–Trinajstić information content (AvgIpc) is 2.36.